The second-order valence-corrected chi connectivity index (χ2v) is 15.7. The number of fused-ring (bicyclic) bond motifs is 7. The SMILES string of the molecule is c1ccc(-c2cc(-c3ccccc3)c3c(c2)c2cccc(N(c4cccc(-c5ccc6ccccc6c5)c4)c4cccc5c4oc4ccccc45)c2n3-c2ccccc2)cc1. The largest absolute Gasteiger partial charge is 0.454 e. The number of hydrogen-bond donors (Lipinski definition) is 0. The number of furan rings is 1. The second-order valence-electron chi connectivity index (χ2n) is 15.7. The molecule has 0 N–H and O–H groups in total. The molecule has 0 aliphatic carbocycles. The highest BCUT2D eigenvalue weighted by atomic mass is 16.3. The Morgan fingerprint density at radius 1 is 0.344 bits per heavy atom. The van der Waals surface area contributed by atoms with Crippen molar-refractivity contribution in [1.82, 2.24) is 4.57 Å². The summed E-state index contributed by atoms with van der Waals surface area (Å²) in [6.07, 6.45) is 0. The summed E-state index contributed by atoms with van der Waals surface area (Å²) in [5.41, 5.74) is 15.1. The standard InChI is InChI=1S/C58H38N2O/c1-4-17-39(18-5-1)45-37-51(41-20-6-2-7-21-41)56-52(38-45)49-28-15-30-53(57(49)60(56)46-24-8-3-9-25-46)59(54-31-16-29-50-48-27-12-13-32-55(48)61-58(50)54)47-26-14-23-43(36-47)44-34-33-40-19-10-11-22-42(40)35-44/h1-38H. The van der Waals surface area contributed by atoms with Crippen molar-refractivity contribution in [2.45, 2.75) is 0 Å². The van der Waals surface area contributed by atoms with Gasteiger partial charge in [-0.2, -0.15) is 0 Å². The van der Waals surface area contributed by atoms with E-state index in [-0.39, 0.29) is 0 Å². The van der Waals surface area contributed by atoms with E-state index in [4.69, 9.17) is 4.42 Å². The first-order valence-electron chi connectivity index (χ1n) is 20.8. The van der Waals surface area contributed by atoms with Crippen LogP contribution >= 0.6 is 0 Å². The molecule has 0 fully saturated rings. The zero-order chi connectivity index (χ0) is 40.3. The Hall–Kier alpha value is -8.14. The normalized spacial score (nSPS) is 11.6. The third-order valence-electron chi connectivity index (χ3n) is 12.1. The van der Waals surface area contributed by atoms with Crippen molar-refractivity contribution in [3.05, 3.63) is 231 Å². The van der Waals surface area contributed by atoms with Crippen LogP contribution in [0.2, 0.25) is 0 Å². The first-order valence-corrected chi connectivity index (χ1v) is 20.8. The monoisotopic (exact) mass is 778 g/mol. The third kappa shape index (κ3) is 5.82. The van der Waals surface area contributed by atoms with Crippen molar-refractivity contribution in [3.8, 4) is 39.1 Å². The molecule has 0 radical (unpaired) electrons. The first-order chi connectivity index (χ1) is 30.3. The summed E-state index contributed by atoms with van der Waals surface area (Å²) in [5.74, 6) is 0. The van der Waals surface area contributed by atoms with E-state index >= 15 is 0 Å². The molecule has 0 aliphatic rings. The summed E-state index contributed by atoms with van der Waals surface area (Å²) in [6.45, 7) is 0. The van der Waals surface area contributed by atoms with E-state index in [1.54, 1.807) is 0 Å². The molecular weight excluding hydrogens is 741 g/mol. The molecule has 0 bridgehead atoms. The van der Waals surface area contributed by atoms with Gasteiger partial charge in [-0.1, -0.05) is 170 Å². The van der Waals surface area contributed by atoms with Crippen molar-refractivity contribution in [3.63, 3.8) is 0 Å². The smallest absolute Gasteiger partial charge is 0.159 e. The van der Waals surface area contributed by atoms with E-state index in [9.17, 15) is 0 Å². The van der Waals surface area contributed by atoms with Crippen LogP contribution < -0.4 is 4.90 Å². The molecule has 0 atom stereocenters. The highest BCUT2D eigenvalue weighted by Gasteiger charge is 2.26. The Kier molecular flexibility index (Phi) is 8.17. The van der Waals surface area contributed by atoms with Crippen LogP contribution in [0.4, 0.5) is 17.1 Å². The second kappa shape index (κ2) is 14.3. The van der Waals surface area contributed by atoms with E-state index in [1.807, 2.05) is 6.07 Å². The maximum atomic E-state index is 6.85. The lowest BCUT2D eigenvalue weighted by molar-refractivity contribution is 0.669. The van der Waals surface area contributed by atoms with Gasteiger partial charge in [-0.05, 0) is 99.3 Å². The van der Waals surface area contributed by atoms with Crippen molar-refractivity contribution >= 4 is 71.6 Å². The maximum absolute atomic E-state index is 6.85. The molecule has 2 aromatic heterocycles. The number of benzene rings is 10. The molecule has 0 amide bonds. The molecule has 0 unspecified atom stereocenters. The van der Waals surface area contributed by atoms with Gasteiger partial charge in [-0.3, -0.25) is 0 Å². The van der Waals surface area contributed by atoms with Gasteiger partial charge < -0.3 is 13.9 Å². The lowest BCUT2D eigenvalue weighted by Gasteiger charge is -2.27. The Bertz CT molecular complexity index is 3580. The van der Waals surface area contributed by atoms with Crippen molar-refractivity contribution in [2.24, 2.45) is 0 Å². The third-order valence-corrected chi connectivity index (χ3v) is 12.1. The van der Waals surface area contributed by atoms with Crippen LogP contribution in [0.3, 0.4) is 0 Å². The minimum absolute atomic E-state index is 0.843. The van der Waals surface area contributed by atoms with Crippen molar-refractivity contribution in [2.75, 3.05) is 4.90 Å². The summed E-state index contributed by atoms with van der Waals surface area (Å²) < 4.78 is 9.33. The predicted octanol–water partition coefficient (Wildman–Crippen LogP) is 16.3. The number of para-hydroxylation sites is 4. The van der Waals surface area contributed by atoms with Gasteiger partial charge in [0.15, 0.2) is 5.58 Å². The number of anilines is 3. The van der Waals surface area contributed by atoms with Crippen LogP contribution in [0.1, 0.15) is 0 Å². The van der Waals surface area contributed by atoms with Crippen LogP contribution in [0.25, 0.3) is 93.6 Å². The molecule has 0 saturated carbocycles. The molecular formula is C58H38N2O. The number of rotatable bonds is 7. The quantitative estimate of drug-likeness (QED) is 0.161. The van der Waals surface area contributed by atoms with Crippen molar-refractivity contribution in [1.29, 1.82) is 0 Å². The van der Waals surface area contributed by atoms with Crippen molar-refractivity contribution < 1.29 is 4.42 Å². The number of nitrogens with zero attached hydrogens (tertiary/aromatic N) is 2. The van der Waals surface area contributed by atoms with Crippen LogP contribution in [-0.4, -0.2) is 4.57 Å². The van der Waals surface area contributed by atoms with Crippen LogP contribution in [-0.2, 0) is 0 Å². The summed E-state index contributed by atoms with van der Waals surface area (Å²) >= 11 is 0. The topological polar surface area (TPSA) is 21.3 Å². The fraction of sp³-hybridized carbons (Fsp3) is 0. The minimum Gasteiger partial charge on any atom is -0.454 e. The Morgan fingerprint density at radius 3 is 1.79 bits per heavy atom. The van der Waals surface area contributed by atoms with Gasteiger partial charge in [-0.15, -0.1) is 0 Å². The highest BCUT2D eigenvalue weighted by Crippen LogP contribution is 2.49. The number of aromatic nitrogens is 1. The zero-order valence-electron chi connectivity index (χ0n) is 33.2. The molecule has 61 heavy (non-hydrogen) atoms. The van der Waals surface area contributed by atoms with Crippen LogP contribution in [0.5, 0.6) is 0 Å². The molecule has 3 nitrogen and oxygen atoms in total. The average Bonchev–Trinajstić information content (AvgIpc) is 3.89. The zero-order valence-corrected chi connectivity index (χ0v) is 33.2. The Labute approximate surface area is 353 Å². The lowest BCUT2D eigenvalue weighted by Crippen LogP contribution is -2.12. The van der Waals surface area contributed by atoms with E-state index in [1.165, 1.54) is 49.4 Å². The molecule has 0 aliphatic heterocycles. The summed E-state index contributed by atoms with van der Waals surface area (Å²) in [7, 11) is 0. The minimum atomic E-state index is 0.843. The van der Waals surface area contributed by atoms with E-state index in [0.29, 0.717) is 0 Å². The molecule has 10 aromatic carbocycles. The predicted molar refractivity (Wildman–Crippen MR) is 257 cm³/mol. The van der Waals surface area contributed by atoms with E-state index < -0.39 is 0 Å². The molecule has 0 spiro atoms. The van der Waals surface area contributed by atoms with Gasteiger partial charge in [0.1, 0.15) is 5.58 Å². The molecule has 3 heteroatoms. The maximum Gasteiger partial charge on any atom is 0.159 e. The molecule has 0 saturated heterocycles. The average molecular weight is 779 g/mol. The molecule has 2 heterocycles. The van der Waals surface area contributed by atoms with Gasteiger partial charge in [-0.25, -0.2) is 0 Å². The summed E-state index contributed by atoms with van der Waals surface area (Å²) in [6, 6.07) is 83.0. The number of hydrogen-bond acceptors (Lipinski definition) is 2. The van der Waals surface area contributed by atoms with E-state index in [0.717, 1.165) is 61.3 Å². The molecule has 286 valence electrons. The van der Waals surface area contributed by atoms with Gasteiger partial charge in [0.25, 0.3) is 0 Å². The molecule has 12 rings (SSSR count). The Balaban J connectivity index is 1.21. The van der Waals surface area contributed by atoms with Crippen LogP contribution in [0, 0.1) is 0 Å². The van der Waals surface area contributed by atoms with E-state index in [2.05, 4.69) is 234 Å². The summed E-state index contributed by atoms with van der Waals surface area (Å²) in [5, 5.41) is 6.98. The van der Waals surface area contributed by atoms with Gasteiger partial charge in [0.2, 0.25) is 0 Å². The lowest BCUT2D eigenvalue weighted by atomic mass is 9.95. The van der Waals surface area contributed by atoms with Gasteiger partial charge in [0, 0.05) is 38.5 Å². The fourth-order valence-electron chi connectivity index (χ4n) is 9.34. The van der Waals surface area contributed by atoms with Crippen LogP contribution in [0.15, 0.2) is 235 Å². The highest BCUT2D eigenvalue weighted by molar-refractivity contribution is 6.20. The molecule has 12 aromatic rings. The van der Waals surface area contributed by atoms with Gasteiger partial charge >= 0.3 is 0 Å². The van der Waals surface area contributed by atoms with Gasteiger partial charge in [0.05, 0.1) is 22.4 Å². The summed E-state index contributed by atoms with van der Waals surface area (Å²) in [4.78, 5) is 2.41. The fourth-order valence-corrected chi connectivity index (χ4v) is 9.34. The Morgan fingerprint density at radius 2 is 0.967 bits per heavy atom. The first kappa shape index (κ1) is 34.9.